The van der Waals surface area contributed by atoms with E-state index in [0.29, 0.717) is 11.8 Å². The van der Waals surface area contributed by atoms with Crippen LogP contribution < -0.4 is 4.90 Å². The molecular weight excluding hydrogens is 254 g/mol. The highest BCUT2D eigenvalue weighted by Gasteiger charge is 2.21. The number of anilines is 1. The number of rotatable bonds is 6. The summed E-state index contributed by atoms with van der Waals surface area (Å²) in [6.45, 7) is 4.60. The summed E-state index contributed by atoms with van der Waals surface area (Å²) in [5.41, 5.74) is 4.18. The van der Waals surface area contributed by atoms with Gasteiger partial charge >= 0.3 is 0 Å². The minimum atomic E-state index is 0.591. The van der Waals surface area contributed by atoms with Crippen molar-refractivity contribution in [2.75, 3.05) is 19.0 Å². The summed E-state index contributed by atoms with van der Waals surface area (Å²) < 4.78 is 0. The molecule has 0 aromatic heterocycles. The number of benzene rings is 2. The molecule has 112 valence electrons. The molecule has 2 aromatic carbocycles. The predicted molar refractivity (Wildman–Crippen MR) is 93.3 cm³/mol. The molecular formula is C20H27N. The Morgan fingerprint density at radius 3 is 1.62 bits per heavy atom. The van der Waals surface area contributed by atoms with Gasteiger partial charge in [0.2, 0.25) is 0 Å². The van der Waals surface area contributed by atoms with Crippen molar-refractivity contribution in [1.29, 1.82) is 0 Å². The van der Waals surface area contributed by atoms with E-state index in [1.165, 1.54) is 29.7 Å². The summed E-state index contributed by atoms with van der Waals surface area (Å²) in [5.74, 6) is 1.19. The molecule has 0 aliphatic carbocycles. The van der Waals surface area contributed by atoms with E-state index in [0.717, 1.165) is 0 Å². The highest BCUT2D eigenvalue weighted by molar-refractivity contribution is 5.47. The molecule has 0 bridgehead atoms. The van der Waals surface area contributed by atoms with Gasteiger partial charge in [0.05, 0.1) is 0 Å². The van der Waals surface area contributed by atoms with Gasteiger partial charge in [-0.2, -0.15) is 0 Å². The second-order valence-electron chi connectivity index (χ2n) is 5.93. The quantitative estimate of drug-likeness (QED) is 0.681. The maximum Gasteiger partial charge on any atom is 0.0361 e. The zero-order valence-electron chi connectivity index (χ0n) is 13.7. The SMILES string of the molecule is CC[C@H](c1ccc(N(C)C)cc1)[C@@H](CC)c1ccccc1. The lowest BCUT2D eigenvalue weighted by molar-refractivity contribution is 0.510. The molecule has 0 aliphatic rings. The molecule has 2 rings (SSSR count). The third-order valence-electron chi connectivity index (χ3n) is 4.43. The maximum absolute atomic E-state index is 2.30. The third kappa shape index (κ3) is 3.66. The first-order valence-electron chi connectivity index (χ1n) is 7.99. The van der Waals surface area contributed by atoms with Gasteiger partial charge in [0.25, 0.3) is 0 Å². The van der Waals surface area contributed by atoms with Crippen molar-refractivity contribution in [1.82, 2.24) is 0 Å². The molecule has 2 aromatic rings. The maximum atomic E-state index is 2.30. The third-order valence-corrected chi connectivity index (χ3v) is 4.43. The second kappa shape index (κ2) is 7.31. The summed E-state index contributed by atoms with van der Waals surface area (Å²) in [4.78, 5) is 2.15. The Bertz CT molecular complexity index is 528. The zero-order chi connectivity index (χ0) is 15.2. The Hall–Kier alpha value is -1.76. The van der Waals surface area contributed by atoms with E-state index in [2.05, 4.69) is 87.4 Å². The molecule has 0 aliphatic heterocycles. The topological polar surface area (TPSA) is 3.24 Å². The molecule has 0 spiro atoms. The van der Waals surface area contributed by atoms with Crippen LogP contribution in [0.1, 0.15) is 49.7 Å². The molecule has 1 heteroatoms. The van der Waals surface area contributed by atoms with Gasteiger partial charge in [-0.1, -0.05) is 56.3 Å². The lowest BCUT2D eigenvalue weighted by Crippen LogP contribution is -2.11. The van der Waals surface area contributed by atoms with Gasteiger partial charge in [-0.15, -0.1) is 0 Å². The van der Waals surface area contributed by atoms with E-state index >= 15 is 0 Å². The van der Waals surface area contributed by atoms with Crippen molar-refractivity contribution in [3.63, 3.8) is 0 Å². The monoisotopic (exact) mass is 281 g/mol. The van der Waals surface area contributed by atoms with Crippen LogP contribution in [0.4, 0.5) is 5.69 Å². The van der Waals surface area contributed by atoms with Crippen LogP contribution in [0.15, 0.2) is 54.6 Å². The Morgan fingerprint density at radius 2 is 1.19 bits per heavy atom. The molecule has 0 N–H and O–H groups in total. The van der Waals surface area contributed by atoms with Crippen LogP contribution in [0.25, 0.3) is 0 Å². The van der Waals surface area contributed by atoms with Crippen LogP contribution in [0, 0.1) is 0 Å². The van der Waals surface area contributed by atoms with Crippen LogP contribution >= 0.6 is 0 Å². The first kappa shape index (κ1) is 15.6. The molecule has 0 saturated heterocycles. The fraction of sp³-hybridized carbons (Fsp3) is 0.400. The fourth-order valence-corrected chi connectivity index (χ4v) is 3.22. The standard InChI is InChI=1S/C20H27N/c1-5-19(16-10-8-7-9-11-16)20(6-2)17-12-14-18(15-13-17)21(3)4/h7-15,19-20H,5-6H2,1-4H3/t19-,20+/m0/s1. The van der Waals surface area contributed by atoms with Crippen LogP contribution in [0.2, 0.25) is 0 Å². The summed E-state index contributed by atoms with van der Waals surface area (Å²) >= 11 is 0. The Kier molecular flexibility index (Phi) is 5.44. The van der Waals surface area contributed by atoms with E-state index in [1.807, 2.05) is 0 Å². The van der Waals surface area contributed by atoms with E-state index < -0.39 is 0 Å². The van der Waals surface area contributed by atoms with Crippen molar-refractivity contribution >= 4 is 5.69 Å². The molecule has 0 fully saturated rings. The van der Waals surface area contributed by atoms with Gasteiger partial charge in [-0.05, 0) is 47.9 Å². The average molecular weight is 281 g/mol. The van der Waals surface area contributed by atoms with Crippen molar-refractivity contribution < 1.29 is 0 Å². The highest BCUT2D eigenvalue weighted by Crippen LogP contribution is 2.38. The Balaban J connectivity index is 2.29. The minimum absolute atomic E-state index is 0.591. The molecule has 0 radical (unpaired) electrons. The van der Waals surface area contributed by atoms with Gasteiger partial charge < -0.3 is 4.90 Å². The summed E-state index contributed by atoms with van der Waals surface area (Å²) in [5, 5.41) is 0. The largest absolute Gasteiger partial charge is 0.378 e. The molecule has 21 heavy (non-hydrogen) atoms. The second-order valence-corrected chi connectivity index (χ2v) is 5.93. The van der Waals surface area contributed by atoms with Gasteiger partial charge in [0, 0.05) is 19.8 Å². The van der Waals surface area contributed by atoms with Crippen molar-refractivity contribution in [2.24, 2.45) is 0 Å². The van der Waals surface area contributed by atoms with Crippen LogP contribution in [-0.2, 0) is 0 Å². The van der Waals surface area contributed by atoms with Crippen molar-refractivity contribution in [2.45, 2.75) is 38.5 Å². The number of hydrogen-bond acceptors (Lipinski definition) is 1. The van der Waals surface area contributed by atoms with Crippen LogP contribution in [0.5, 0.6) is 0 Å². The molecule has 0 heterocycles. The van der Waals surface area contributed by atoms with Crippen LogP contribution in [0.3, 0.4) is 0 Å². The zero-order valence-corrected chi connectivity index (χ0v) is 13.7. The Labute approximate surface area is 129 Å². The van der Waals surface area contributed by atoms with Crippen molar-refractivity contribution in [3.8, 4) is 0 Å². The smallest absolute Gasteiger partial charge is 0.0361 e. The van der Waals surface area contributed by atoms with Crippen LogP contribution in [-0.4, -0.2) is 14.1 Å². The van der Waals surface area contributed by atoms with Gasteiger partial charge in [0.15, 0.2) is 0 Å². The fourth-order valence-electron chi connectivity index (χ4n) is 3.22. The predicted octanol–water partition coefficient (Wildman–Crippen LogP) is 5.44. The summed E-state index contributed by atoms with van der Waals surface area (Å²) in [7, 11) is 4.18. The lowest BCUT2D eigenvalue weighted by atomic mass is 9.78. The van der Waals surface area contributed by atoms with E-state index in [1.54, 1.807) is 0 Å². The first-order valence-corrected chi connectivity index (χ1v) is 7.99. The average Bonchev–Trinajstić information content (AvgIpc) is 2.53. The number of nitrogens with zero attached hydrogens (tertiary/aromatic N) is 1. The molecule has 2 atom stereocenters. The number of hydrogen-bond donors (Lipinski definition) is 0. The molecule has 1 nitrogen and oxygen atoms in total. The lowest BCUT2D eigenvalue weighted by Gasteiger charge is -2.27. The van der Waals surface area contributed by atoms with E-state index in [4.69, 9.17) is 0 Å². The molecule has 0 saturated carbocycles. The van der Waals surface area contributed by atoms with Gasteiger partial charge in [0.1, 0.15) is 0 Å². The van der Waals surface area contributed by atoms with Crippen molar-refractivity contribution in [3.05, 3.63) is 65.7 Å². The van der Waals surface area contributed by atoms with E-state index in [9.17, 15) is 0 Å². The first-order chi connectivity index (χ1) is 10.2. The Morgan fingerprint density at radius 1 is 0.714 bits per heavy atom. The summed E-state index contributed by atoms with van der Waals surface area (Å²) in [6, 6.07) is 20.0. The molecule has 0 amide bonds. The van der Waals surface area contributed by atoms with Gasteiger partial charge in [-0.25, -0.2) is 0 Å². The minimum Gasteiger partial charge on any atom is -0.378 e. The van der Waals surface area contributed by atoms with E-state index in [-0.39, 0.29) is 0 Å². The van der Waals surface area contributed by atoms with Gasteiger partial charge in [-0.3, -0.25) is 0 Å². The summed E-state index contributed by atoms with van der Waals surface area (Å²) in [6.07, 6.45) is 2.35. The highest BCUT2D eigenvalue weighted by atomic mass is 15.1. The normalized spacial score (nSPS) is 13.7. The molecule has 0 unspecified atom stereocenters.